The van der Waals surface area contributed by atoms with Crippen molar-refractivity contribution in [3.8, 4) is 0 Å². The van der Waals surface area contributed by atoms with E-state index in [1.807, 2.05) is 25.4 Å². The Bertz CT molecular complexity index is 382. The van der Waals surface area contributed by atoms with Crippen LogP contribution in [-0.2, 0) is 4.74 Å². The number of pyridine rings is 1. The molecule has 0 saturated carbocycles. The number of hydrogen-bond donors (Lipinski definition) is 2. The lowest BCUT2D eigenvalue weighted by atomic mass is 9.95. The Hall–Kier alpha value is -1.29. The minimum absolute atomic E-state index is 0.413. The van der Waals surface area contributed by atoms with Crippen LogP contribution in [0.2, 0.25) is 0 Å². The van der Waals surface area contributed by atoms with Crippen molar-refractivity contribution in [3.63, 3.8) is 0 Å². The number of anilines is 2. The Balaban J connectivity index is 1.69. The van der Waals surface area contributed by atoms with Gasteiger partial charge in [0.2, 0.25) is 0 Å². The van der Waals surface area contributed by atoms with Crippen molar-refractivity contribution in [1.29, 1.82) is 0 Å². The third-order valence-corrected chi connectivity index (χ3v) is 3.47. The lowest BCUT2D eigenvalue weighted by Gasteiger charge is -2.21. The highest BCUT2D eigenvalue weighted by molar-refractivity contribution is 5.52. The zero-order chi connectivity index (χ0) is 11.0. The molecule has 2 saturated heterocycles. The van der Waals surface area contributed by atoms with E-state index in [9.17, 15) is 0 Å². The van der Waals surface area contributed by atoms with E-state index in [4.69, 9.17) is 4.74 Å². The second kappa shape index (κ2) is 3.94. The van der Waals surface area contributed by atoms with E-state index >= 15 is 0 Å². The van der Waals surface area contributed by atoms with Crippen LogP contribution in [0.15, 0.2) is 18.3 Å². The summed E-state index contributed by atoms with van der Waals surface area (Å²) < 4.78 is 5.82. The Kier molecular flexibility index (Phi) is 2.44. The highest BCUT2D eigenvalue weighted by Crippen LogP contribution is 2.35. The van der Waals surface area contributed by atoms with Crippen LogP contribution in [-0.4, -0.2) is 30.3 Å². The molecule has 2 aliphatic heterocycles. The molecular weight excluding hydrogens is 202 g/mol. The summed E-state index contributed by atoms with van der Waals surface area (Å²) in [7, 11) is 1.88. The molecule has 3 heterocycles. The van der Waals surface area contributed by atoms with E-state index in [0.717, 1.165) is 17.9 Å². The van der Waals surface area contributed by atoms with Gasteiger partial charge < -0.3 is 15.4 Å². The maximum Gasteiger partial charge on any atom is 0.127 e. The first-order valence-corrected chi connectivity index (χ1v) is 5.91. The van der Waals surface area contributed by atoms with Crippen LogP contribution in [0.25, 0.3) is 0 Å². The van der Waals surface area contributed by atoms with Crippen molar-refractivity contribution < 1.29 is 4.74 Å². The van der Waals surface area contributed by atoms with Crippen LogP contribution in [0, 0.1) is 0 Å². The van der Waals surface area contributed by atoms with E-state index in [0.29, 0.717) is 18.2 Å². The number of nitrogens with zero attached hydrogens (tertiary/aromatic N) is 1. The van der Waals surface area contributed by atoms with Gasteiger partial charge in [-0.1, -0.05) is 0 Å². The SMILES string of the molecule is CNc1cc(NC2CC3CCC2O3)ccn1. The van der Waals surface area contributed by atoms with E-state index < -0.39 is 0 Å². The molecule has 86 valence electrons. The third kappa shape index (κ3) is 1.73. The maximum absolute atomic E-state index is 5.82. The highest BCUT2D eigenvalue weighted by atomic mass is 16.5. The first-order valence-electron chi connectivity index (χ1n) is 5.91. The summed E-state index contributed by atoms with van der Waals surface area (Å²) in [5.41, 5.74) is 1.13. The molecule has 3 unspecified atom stereocenters. The van der Waals surface area contributed by atoms with Gasteiger partial charge in [-0.15, -0.1) is 0 Å². The fourth-order valence-corrected chi connectivity index (χ4v) is 2.66. The van der Waals surface area contributed by atoms with Crippen LogP contribution in [0.5, 0.6) is 0 Å². The second-order valence-electron chi connectivity index (χ2n) is 4.54. The van der Waals surface area contributed by atoms with Gasteiger partial charge >= 0.3 is 0 Å². The van der Waals surface area contributed by atoms with Gasteiger partial charge in [-0.05, 0) is 25.3 Å². The summed E-state index contributed by atoms with van der Waals surface area (Å²) in [6.45, 7) is 0. The van der Waals surface area contributed by atoms with Crippen LogP contribution in [0.4, 0.5) is 11.5 Å². The molecule has 16 heavy (non-hydrogen) atoms. The summed E-state index contributed by atoms with van der Waals surface area (Å²) >= 11 is 0. The monoisotopic (exact) mass is 219 g/mol. The summed E-state index contributed by atoms with van der Waals surface area (Å²) in [6, 6.07) is 4.52. The van der Waals surface area contributed by atoms with Gasteiger partial charge in [-0.2, -0.15) is 0 Å². The lowest BCUT2D eigenvalue weighted by molar-refractivity contribution is 0.102. The van der Waals surface area contributed by atoms with Crippen molar-refractivity contribution in [2.75, 3.05) is 17.7 Å². The largest absolute Gasteiger partial charge is 0.379 e. The zero-order valence-electron chi connectivity index (χ0n) is 9.44. The molecule has 3 rings (SSSR count). The molecule has 2 N–H and O–H groups in total. The second-order valence-corrected chi connectivity index (χ2v) is 4.54. The fraction of sp³-hybridized carbons (Fsp3) is 0.583. The zero-order valence-corrected chi connectivity index (χ0v) is 9.44. The Labute approximate surface area is 95.4 Å². The number of ether oxygens (including phenoxy) is 1. The third-order valence-electron chi connectivity index (χ3n) is 3.47. The number of nitrogens with one attached hydrogen (secondary N) is 2. The molecule has 2 bridgehead atoms. The van der Waals surface area contributed by atoms with Crippen molar-refractivity contribution in [1.82, 2.24) is 4.98 Å². The first kappa shape index (κ1) is 9.90. The van der Waals surface area contributed by atoms with Crippen molar-refractivity contribution in [2.45, 2.75) is 37.5 Å². The fourth-order valence-electron chi connectivity index (χ4n) is 2.66. The first-order chi connectivity index (χ1) is 7.85. The maximum atomic E-state index is 5.82. The van der Waals surface area contributed by atoms with Gasteiger partial charge in [0.05, 0.1) is 18.2 Å². The molecule has 1 aromatic rings. The van der Waals surface area contributed by atoms with Gasteiger partial charge in [0.25, 0.3) is 0 Å². The molecular formula is C12H17N3O. The predicted molar refractivity (Wildman–Crippen MR) is 63.7 cm³/mol. The van der Waals surface area contributed by atoms with Gasteiger partial charge in [0.15, 0.2) is 0 Å². The van der Waals surface area contributed by atoms with Crippen LogP contribution >= 0.6 is 0 Å². The molecule has 0 amide bonds. The highest BCUT2D eigenvalue weighted by Gasteiger charge is 2.40. The lowest BCUT2D eigenvalue weighted by Crippen LogP contribution is -2.30. The van der Waals surface area contributed by atoms with E-state index in [2.05, 4.69) is 15.6 Å². The minimum Gasteiger partial charge on any atom is -0.379 e. The number of aromatic nitrogens is 1. The molecule has 0 aromatic carbocycles. The average molecular weight is 219 g/mol. The molecule has 1 aromatic heterocycles. The minimum atomic E-state index is 0.413. The smallest absolute Gasteiger partial charge is 0.127 e. The van der Waals surface area contributed by atoms with Crippen molar-refractivity contribution in [2.24, 2.45) is 0 Å². The molecule has 4 nitrogen and oxygen atoms in total. The average Bonchev–Trinajstić information content (AvgIpc) is 2.91. The van der Waals surface area contributed by atoms with Crippen LogP contribution in [0.1, 0.15) is 19.3 Å². The summed E-state index contributed by atoms with van der Waals surface area (Å²) in [6.07, 6.45) is 6.31. The van der Waals surface area contributed by atoms with Gasteiger partial charge in [0.1, 0.15) is 5.82 Å². The van der Waals surface area contributed by atoms with Crippen molar-refractivity contribution >= 4 is 11.5 Å². The molecule has 2 fully saturated rings. The molecule has 0 radical (unpaired) electrons. The van der Waals surface area contributed by atoms with Crippen molar-refractivity contribution in [3.05, 3.63) is 18.3 Å². The quantitative estimate of drug-likeness (QED) is 0.814. The normalized spacial score (nSPS) is 31.7. The van der Waals surface area contributed by atoms with Gasteiger partial charge in [0, 0.05) is 25.0 Å². The molecule has 2 aliphatic rings. The Morgan fingerprint density at radius 3 is 3.06 bits per heavy atom. The topological polar surface area (TPSA) is 46.2 Å². The van der Waals surface area contributed by atoms with Crippen LogP contribution < -0.4 is 10.6 Å². The van der Waals surface area contributed by atoms with Crippen LogP contribution in [0.3, 0.4) is 0 Å². The number of hydrogen-bond acceptors (Lipinski definition) is 4. The summed E-state index contributed by atoms with van der Waals surface area (Å²) in [5.74, 6) is 0.897. The Morgan fingerprint density at radius 2 is 2.38 bits per heavy atom. The predicted octanol–water partition coefficient (Wildman–Crippen LogP) is 1.86. The van der Waals surface area contributed by atoms with Gasteiger partial charge in [-0.3, -0.25) is 0 Å². The number of rotatable bonds is 3. The Morgan fingerprint density at radius 1 is 1.44 bits per heavy atom. The molecule has 0 spiro atoms. The van der Waals surface area contributed by atoms with Gasteiger partial charge in [-0.25, -0.2) is 4.98 Å². The standard InChI is InChI=1S/C12H17N3O/c1-13-12-6-8(4-5-14-12)15-10-7-9-2-3-11(10)16-9/h4-6,9-11H,2-3,7H2,1H3,(H2,13,14,15). The van der Waals surface area contributed by atoms with E-state index in [1.54, 1.807) is 0 Å². The van der Waals surface area contributed by atoms with E-state index in [1.165, 1.54) is 12.8 Å². The molecule has 4 heteroatoms. The number of fused-ring (bicyclic) bond motifs is 2. The summed E-state index contributed by atoms with van der Waals surface area (Å²) in [5, 5.41) is 6.59. The summed E-state index contributed by atoms with van der Waals surface area (Å²) in [4.78, 5) is 4.20. The van der Waals surface area contributed by atoms with E-state index in [-0.39, 0.29) is 0 Å². The molecule has 0 aliphatic carbocycles. The molecule has 3 atom stereocenters.